The molecule has 0 radical (unpaired) electrons. The average molecular weight is 586 g/mol. The number of nitrogens with zero attached hydrogens (tertiary/aromatic N) is 1. The highest BCUT2D eigenvalue weighted by molar-refractivity contribution is 5.77. The van der Waals surface area contributed by atoms with Crippen LogP contribution in [0.2, 0.25) is 0 Å². The summed E-state index contributed by atoms with van der Waals surface area (Å²) in [6.45, 7) is 8.13. The summed E-state index contributed by atoms with van der Waals surface area (Å²) in [6, 6.07) is 10.8. The number of primary amides is 1. The van der Waals surface area contributed by atoms with Crippen molar-refractivity contribution in [2.24, 2.45) is 5.73 Å². The molecule has 2 aromatic carbocycles. The van der Waals surface area contributed by atoms with Crippen LogP contribution in [0.15, 0.2) is 61.7 Å². The molecule has 4 rings (SSSR count). The van der Waals surface area contributed by atoms with Crippen LogP contribution in [0, 0.1) is 25.1 Å². The number of halogens is 4. The second kappa shape index (κ2) is 15.6. The standard InChI is InChI=1S/C29H28F4N2O2.C2H4.CH3NO/c1-17-12-19(14-22(4-3-11-34)26(17)20-5-6-20)15-25(36)24-13-18(2)28(37-16-29(31,32)33)27(35-24)21-7-9-23(30)10-8-21;1-2;2-1-3/h3-4,7-14,20,25,34,36H,5-6,15-16H2,1-2H3;1-2H2;1H,(H2,2,3)/b4-3-,34-11?;;. The number of allylic oxidation sites excluding steroid dienone is 1. The molecule has 1 aliphatic rings. The number of ether oxygens (including phenoxy) is 1. The van der Waals surface area contributed by atoms with Crippen LogP contribution in [0.25, 0.3) is 17.3 Å². The maximum absolute atomic E-state index is 13.5. The Balaban J connectivity index is 0.00000116. The smallest absolute Gasteiger partial charge is 0.422 e. The molecule has 1 atom stereocenters. The van der Waals surface area contributed by atoms with Crippen molar-refractivity contribution in [3.8, 4) is 17.0 Å². The van der Waals surface area contributed by atoms with Crippen LogP contribution in [0.3, 0.4) is 0 Å². The van der Waals surface area contributed by atoms with Gasteiger partial charge >= 0.3 is 6.18 Å². The minimum Gasteiger partial charge on any atom is -0.482 e. The number of hydrogen-bond acceptors (Lipinski definition) is 5. The quantitative estimate of drug-likeness (QED) is 0.107. The second-order valence-electron chi connectivity index (χ2n) is 9.52. The minimum atomic E-state index is -4.54. The fourth-order valence-corrected chi connectivity index (χ4v) is 4.56. The number of alkyl halides is 3. The van der Waals surface area contributed by atoms with E-state index in [-0.39, 0.29) is 30.0 Å². The van der Waals surface area contributed by atoms with Gasteiger partial charge in [-0.2, -0.15) is 13.2 Å². The molecule has 10 heteroatoms. The Morgan fingerprint density at radius 3 is 2.31 bits per heavy atom. The lowest BCUT2D eigenvalue weighted by atomic mass is 9.92. The van der Waals surface area contributed by atoms with E-state index in [4.69, 9.17) is 14.9 Å². The number of aryl methyl sites for hydroxylation is 2. The Kier molecular flexibility index (Phi) is 12.6. The minimum absolute atomic E-state index is 0.0661. The number of amides is 1. The zero-order chi connectivity index (χ0) is 31.4. The molecule has 1 amide bonds. The van der Waals surface area contributed by atoms with Crippen molar-refractivity contribution in [1.29, 1.82) is 5.41 Å². The third kappa shape index (κ3) is 9.66. The number of aliphatic hydroxyl groups is 1. The SMILES string of the molecule is C=C.Cc1cc(C(O)Cc2cc(C)c(C3CC3)c(/C=C\C=N)c2)nc(-c2ccc(F)cc2)c1OCC(F)(F)F.NC=O. The number of aliphatic hydroxyl groups excluding tert-OH is 1. The maximum Gasteiger partial charge on any atom is 0.422 e. The summed E-state index contributed by atoms with van der Waals surface area (Å²) in [4.78, 5) is 13.1. The van der Waals surface area contributed by atoms with Crippen molar-refractivity contribution in [2.75, 3.05) is 6.61 Å². The number of rotatable bonds is 9. The van der Waals surface area contributed by atoms with E-state index in [0.717, 1.165) is 29.5 Å². The topological polar surface area (TPSA) is 109 Å². The molecular formula is C32H35F4N3O3. The summed E-state index contributed by atoms with van der Waals surface area (Å²) < 4.78 is 57.2. The molecule has 0 aliphatic heterocycles. The predicted molar refractivity (Wildman–Crippen MR) is 157 cm³/mol. The zero-order valence-corrected chi connectivity index (χ0v) is 23.5. The Morgan fingerprint density at radius 1 is 1.14 bits per heavy atom. The highest BCUT2D eigenvalue weighted by Crippen LogP contribution is 2.44. The number of nitrogens with one attached hydrogen (secondary N) is 1. The fourth-order valence-electron chi connectivity index (χ4n) is 4.56. The first kappa shape index (κ1) is 33.9. The zero-order valence-electron chi connectivity index (χ0n) is 23.5. The highest BCUT2D eigenvalue weighted by atomic mass is 19.4. The molecule has 6 nitrogen and oxygen atoms in total. The van der Waals surface area contributed by atoms with Crippen LogP contribution in [-0.4, -0.2) is 35.5 Å². The lowest BCUT2D eigenvalue weighted by molar-refractivity contribution is -0.153. The molecule has 224 valence electrons. The lowest BCUT2D eigenvalue weighted by Crippen LogP contribution is -2.20. The Hall–Kier alpha value is -4.31. The van der Waals surface area contributed by atoms with Gasteiger partial charge in [0.1, 0.15) is 17.3 Å². The molecule has 1 unspecified atom stereocenters. The number of carbonyl (C=O) groups is 1. The number of hydrogen-bond donors (Lipinski definition) is 3. The third-order valence-electron chi connectivity index (χ3n) is 6.28. The van der Waals surface area contributed by atoms with Gasteiger partial charge in [-0.3, -0.25) is 4.79 Å². The summed E-state index contributed by atoms with van der Waals surface area (Å²) in [5.41, 5.74) is 9.56. The summed E-state index contributed by atoms with van der Waals surface area (Å²) in [6.07, 6.45) is 1.94. The normalized spacial score (nSPS) is 13.3. The van der Waals surface area contributed by atoms with Gasteiger partial charge in [0, 0.05) is 18.2 Å². The largest absolute Gasteiger partial charge is 0.482 e. The van der Waals surface area contributed by atoms with E-state index in [1.807, 2.05) is 25.1 Å². The van der Waals surface area contributed by atoms with Crippen LogP contribution in [-0.2, 0) is 11.2 Å². The van der Waals surface area contributed by atoms with Crippen LogP contribution < -0.4 is 10.5 Å². The van der Waals surface area contributed by atoms with Crippen LogP contribution in [0.5, 0.6) is 5.75 Å². The van der Waals surface area contributed by atoms with Crippen LogP contribution >= 0.6 is 0 Å². The molecule has 1 fully saturated rings. The van der Waals surface area contributed by atoms with Gasteiger partial charge in [0.15, 0.2) is 6.61 Å². The summed E-state index contributed by atoms with van der Waals surface area (Å²) in [5.74, 6) is -0.0490. The van der Waals surface area contributed by atoms with Crippen LogP contribution in [0.4, 0.5) is 17.6 Å². The predicted octanol–water partition coefficient (Wildman–Crippen LogP) is 7.17. The molecule has 0 spiro atoms. The molecular weight excluding hydrogens is 550 g/mol. The summed E-state index contributed by atoms with van der Waals surface area (Å²) in [7, 11) is 0. The molecule has 0 saturated heterocycles. The van der Waals surface area contributed by atoms with E-state index < -0.39 is 24.7 Å². The monoisotopic (exact) mass is 585 g/mol. The summed E-state index contributed by atoms with van der Waals surface area (Å²) >= 11 is 0. The molecule has 1 aliphatic carbocycles. The van der Waals surface area contributed by atoms with Gasteiger partial charge in [-0.1, -0.05) is 18.2 Å². The molecule has 4 N–H and O–H groups in total. The molecule has 42 heavy (non-hydrogen) atoms. The molecule has 0 bridgehead atoms. The highest BCUT2D eigenvalue weighted by Gasteiger charge is 2.30. The lowest BCUT2D eigenvalue weighted by Gasteiger charge is -2.19. The average Bonchev–Trinajstić information content (AvgIpc) is 3.77. The first-order chi connectivity index (χ1) is 20.0. The molecule has 3 aromatic rings. The van der Waals surface area contributed by atoms with E-state index in [9.17, 15) is 22.7 Å². The number of nitrogens with two attached hydrogens (primary N) is 1. The summed E-state index contributed by atoms with van der Waals surface area (Å²) in [5, 5.41) is 18.4. The van der Waals surface area contributed by atoms with Gasteiger partial charge in [-0.25, -0.2) is 9.37 Å². The van der Waals surface area contributed by atoms with Gasteiger partial charge in [0.2, 0.25) is 6.41 Å². The van der Waals surface area contributed by atoms with E-state index in [1.54, 1.807) is 13.0 Å². The first-order valence-corrected chi connectivity index (χ1v) is 13.1. The number of aromatic nitrogens is 1. The van der Waals surface area contributed by atoms with E-state index in [1.165, 1.54) is 42.1 Å². The van der Waals surface area contributed by atoms with Gasteiger partial charge in [0.25, 0.3) is 0 Å². The Bertz CT molecular complexity index is 1390. The maximum atomic E-state index is 13.5. The first-order valence-electron chi connectivity index (χ1n) is 13.1. The molecule has 1 saturated carbocycles. The second-order valence-corrected chi connectivity index (χ2v) is 9.52. The molecule has 1 heterocycles. The third-order valence-corrected chi connectivity index (χ3v) is 6.28. The van der Waals surface area contributed by atoms with Crippen molar-refractivity contribution in [1.82, 2.24) is 4.98 Å². The van der Waals surface area contributed by atoms with Crippen molar-refractivity contribution in [3.63, 3.8) is 0 Å². The van der Waals surface area contributed by atoms with Gasteiger partial charge in [0.05, 0.1) is 11.8 Å². The number of benzene rings is 2. The fraction of sp³-hybridized carbons (Fsp3) is 0.281. The van der Waals surface area contributed by atoms with Gasteiger partial charge in [-0.15, -0.1) is 13.2 Å². The van der Waals surface area contributed by atoms with Crippen molar-refractivity contribution in [2.45, 2.75) is 51.3 Å². The van der Waals surface area contributed by atoms with E-state index >= 15 is 0 Å². The van der Waals surface area contributed by atoms with Gasteiger partial charge in [-0.05, 0) is 96.8 Å². The Morgan fingerprint density at radius 2 is 1.76 bits per heavy atom. The number of pyridine rings is 1. The molecule has 1 aromatic heterocycles. The van der Waals surface area contributed by atoms with Crippen LogP contribution in [0.1, 0.15) is 58.4 Å². The van der Waals surface area contributed by atoms with Crippen molar-refractivity contribution < 1.29 is 32.2 Å². The van der Waals surface area contributed by atoms with Gasteiger partial charge < -0.3 is 21.0 Å². The van der Waals surface area contributed by atoms with Crippen molar-refractivity contribution in [3.05, 3.63) is 101 Å². The van der Waals surface area contributed by atoms with E-state index in [2.05, 4.69) is 23.9 Å². The van der Waals surface area contributed by atoms with Crippen molar-refractivity contribution >= 4 is 18.7 Å². The number of carbonyl (C=O) groups excluding carboxylic acids is 1. The van der Waals surface area contributed by atoms with E-state index in [0.29, 0.717) is 17.0 Å². The Labute approximate surface area is 243 Å².